The van der Waals surface area contributed by atoms with Gasteiger partial charge in [0.1, 0.15) is 18.2 Å². The third-order valence-corrected chi connectivity index (χ3v) is 7.78. The highest BCUT2D eigenvalue weighted by molar-refractivity contribution is 9.12. The van der Waals surface area contributed by atoms with E-state index in [4.69, 9.17) is 9.73 Å². The van der Waals surface area contributed by atoms with Crippen molar-refractivity contribution >= 4 is 32.7 Å². The molecule has 2 aliphatic rings. The van der Waals surface area contributed by atoms with E-state index in [1.807, 2.05) is 6.92 Å². The van der Waals surface area contributed by atoms with Gasteiger partial charge in [0.15, 0.2) is 0 Å². The Labute approximate surface area is 221 Å². The Morgan fingerprint density at radius 1 is 1.06 bits per heavy atom. The van der Waals surface area contributed by atoms with E-state index < -0.39 is 0 Å². The predicted octanol–water partition coefficient (Wildman–Crippen LogP) is 6.43. The number of aromatic amines is 1. The summed E-state index contributed by atoms with van der Waals surface area (Å²) < 4.78 is 7.28. The summed E-state index contributed by atoms with van der Waals surface area (Å²) in [5.41, 5.74) is 10.5. The molecule has 1 N–H and O–H groups in total. The largest absolute Gasteiger partial charge is 0.491 e. The minimum Gasteiger partial charge on any atom is -0.491 e. The Hall–Kier alpha value is -2.90. The number of fused-ring (bicyclic) bond motifs is 2. The van der Waals surface area contributed by atoms with Crippen molar-refractivity contribution in [2.24, 2.45) is 4.99 Å². The maximum atomic E-state index is 6.20. The molecule has 0 saturated heterocycles. The molecular weight excluding hydrogens is 514 g/mol. The molecule has 6 nitrogen and oxygen atoms in total. The highest BCUT2D eigenvalue weighted by Crippen LogP contribution is 2.36. The molecule has 188 valence electrons. The number of hydrogen-bond donors (Lipinski definition) is 1. The Morgan fingerprint density at radius 3 is 2.64 bits per heavy atom. The van der Waals surface area contributed by atoms with Crippen LogP contribution in [0.3, 0.4) is 0 Å². The van der Waals surface area contributed by atoms with E-state index >= 15 is 0 Å². The van der Waals surface area contributed by atoms with Crippen LogP contribution in [0.25, 0.3) is 22.2 Å². The molecule has 0 atom stereocenters. The van der Waals surface area contributed by atoms with Crippen LogP contribution >= 0.6 is 15.9 Å². The minimum absolute atomic E-state index is 0.650. The molecule has 36 heavy (non-hydrogen) atoms. The molecule has 0 unspecified atom stereocenters. The molecule has 0 spiro atoms. The quantitative estimate of drug-likeness (QED) is 0.408. The Morgan fingerprint density at radius 2 is 1.83 bits per heavy atom. The fourth-order valence-corrected chi connectivity index (χ4v) is 5.80. The van der Waals surface area contributed by atoms with Crippen LogP contribution in [0, 0.1) is 6.92 Å². The monoisotopic (exact) mass is 547 g/mol. The third-order valence-electron chi connectivity index (χ3n) is 6.83. The van der Waals surface area contributed by atoms with Gasteiger partial charge in [-0.15, -0.1) is 0 Å². The van der Waals surface area contributed by atoms with E-state index in [-0.39, 0.29) is 0 Å². The number of rotatable bonds is 4. The highest BCUT2D eigenvalue weighted by atomic mass is 79.9. The molecule has 7 heteroatoms. The second-order valence-electron chi connectivity index (χ2n) is 10.1. The molecule has 0 bridgehead atoms. The van der Waals surface area contributed by atoms with Crippen molar-refractivity contribution < 1.29 is 4.74 Å². The van der Waals surface area contributed by atoms with Crippen LogP contribution in [0.5, 0.6) is 5.75 Å². The number of halogens is 1. The fourth-order valence-electron chi connectivity index (χ4n) is 5.12. The van der Waals surface area contributed by atoms with Gasteiger partial charge in [0.05, 0.1) is 33.5 Å². The van der Waals surface area contributed by atoms with Crippen LogP contribution in [-0.4, -0.2) is 59.3 Å². The van der Waals surface area contributed by atoms with Crippen molar-refractivity contribution in [3.63, 3.8) is 0 Å². The summed E-state index contributed by atoms with van der Waals surface area (Å²) in [6.45, 7) is 9.50. The molecule has 0 fully saturated rings. The average molecular weight is 549 g/mol. The van der Waals surface area contributed by atoms with Gasteiger partial charge in [-0.2, -0.15) is 0 Å². The number of imidazole rings is 1. The van der Waals surface area contributed by atoms with Gasteiger partial charge in [-0.3, -0.25) is 4.99 Å². The summed E-state index contributed by atoms with van der Waals surface area (Å²) in [7, 11) is 4.20. The van der Waals surface area contributed by atoms with Gasteiger partial charge in [-0.05, 0) is 105 Å². The fraction of sp³-hybridized carbons (Fsp3) is 0.379. The molecule has 0 amide bonds. The van der Waals surface area contributed by atoms with Crippen molar-refractivity contribution in [2.45, 2.75) is 40.2 Å². The number of allylic oxidation sites excluding steroid dienone is 3. The summed E-state index contributed by atoms with van der Waals surface area (Å²) in [4.78, 5) is 17.5. The lowest BCUT2D eigenvalue weighted by molar-refractivity contribution is 0.266. The molecule has 2 aliphatic heterocycles. The summed E-state index contributed by atoms with van der Waals surface area (Å²) in [5, 5.41) is 0. The normalized spacial score (nSPS) is 17.1. The summed E-state index contributed by atoms with van der Waals surface area (Å²) in [5.74, 6) is 1.90. The molecule has 2 aromatic carbocycles. The second kappa shape index (κ2) is 10.2. The van der Waals surface area contributed by atoms with Crippen molar-refractivity contribution in [3.05, 3.63) is 69.2 Å². The molecule has 0 saturated carbocycles. The summed E-state index contributed by atoms with van der Waals surface area (Å²) in [6, 6.07) is 13.0. The first-order valence-corrected chi connectivity index (χ1v) is 13.3. The summed E-state index contributed by atoms with van der Waals surface area (Å²) in [6.07, 6.45) is 1.98. The van der Waals surface area contributed by atoms with E-state index in [0.717, 1.165) is 65.3 Å². The van der Waals surface area contributed by atoms with Crippen LogP contribution in [0.2, 0.25) is 0 Å². The molecule has 5 rings (SSSR count). The number of aryl methyl sites for hydroxylation is 1. The topological polar surface area (TPSA) is 56.8 Å². The standard InChI is InChI=1S/C29H34BrN5O/c1-18-6-9-24(17-34(4)5)31-19(2)28(30)29(18)35-12-13-36-27-11-8-21(14-23(27)16-35)22-7-10-25-26(15-22)33-20(3)32-25/h7-8,10-11,14-15H,6,9,12-13,16-17H2,1-5H3,(H,32,33). The van der Waals surface area contributed by atoms with Crippen LogP contribution < -0.4 is 4.74 Å². The zero-order chi connectivity index (χ0) is 25.4. The zero-order valence-corrected chi connectivity index (χ0v) is 23.4. The third kappa shape index (κ3) is 5.13. The summed E-state index contributed by atoms with van der Waals surface area (Å²) >= 11 is 3.93. The first-order valence-electron chi connectivity index (χ1n) is 12.5. The number of benzene rings is 2. The van der Waals surface area contributed by atoms with Gasteiger partial charge in [-0.25, -0.2) is 4.98 Å². The number of H-pyrrole nitrogens is 1. The molecular formula is C29H34BrN5O. The first kappa shape index (κ1) is 24.8. The van der Waals surface area contributed by atoms with Crippen LogP contribution in [-0.2, 0) is 6.54 Å². The number of nitrogens with zero attached hydrogens (tertiary/aromatic N) is 4. The van der Waals surface area contributed by atoms with E-state index in [9.17, 15) is 0 Å². The van der Waals surface area contributed by atoms with Crippen molar-refractivity contribution in [3.8, 4) is 16.9 Å². The number of aliphatic imine (C=N–C) groups is 1. The number of nitrogens with one attached hydrogen (secondary N) is 1. The maximum Gasteiger partial charge on any atom is 0.124 e. The average Bonchev–Trinajstić information content (AvgIpc) is 3.08. The maximum absolute atomic E-state index is 6.20. The molecule has 3 aromatic rings. The van der Waals surface area contributed by atoms with E-state index in [0.29, 0.717) is 6.61 Å². The predicted molar refractivity (Wildman–Crippen MR) is 152 cm³/mol. The number of aromatic nitrogens is 2. The lowest BCUT2D eigenvalue weighted by Gasteiger charge is -2.29. The van der Waals surface area contributed by atoms with E-state index in [2.05, 4.69) is 100 Å². The molecule has 0 aliphatic carbocycles. The lowest BCUT2D eigenvalue weighted by atomic mass is 10.0. The van der Waals surface area contributed by atoms with Crippen molar-refractivity contribution in [2.75, 3.05) is 33.8 Å². The minimum atomic E-state index is 0.650. The van der Waals surface area contributed by atoms with E-state index in [1.165, 1.54) is 33.7 Å². The second-order valence-corrected chi connectivity index (χ2v) is 10.9. The first-order chi connectivity index (χ1) is 17.3. The zero-order valence-electron chi connectivity index (χ0n) is 21.8. The van der Waals surface area contributed by atoms with Crippen LogP contribution in [0.15, 0.2) is 62.8 Å². The van der Waals surface area contributed by atoms with Crippen LogP contribution in [0.1, 0.15) is 38.1 Å². The molecule has 1 aromatic heterocycles. The smallest absolute Gasteiger partial charge is 0.124 e. The Kier molecular flexibility index (Phi) is 7.04. The number of hydrogen-bond acceptors (Lipinski definition) is 5. The van der Waals surface area contributed by atoms with Gasteiger partial charge in [0.25, 0.3) is 0 Å². The van der Waals surface area contributed by atoms with Crippen LogP contribution in [0.4, 0.5) is 0 Å². The Balaban J connectivity index is 1.48. The Bertz CT molecular complexity index is 1400. The number of ether oxygens (including phenoxy) is 1. The van der Waals surface area contributed by atoms with E-state index in [1.54, 1.807) is 0 Å². The SMILES string of the molecule is CC1=C(N2CCOc3ccc(-c4ccc5nc(C)[nH]c5c4)cc3C2)C(Br)=C(C)N=C(CN(C)C)CC1. The van der Waals surface area contributed by atoms with Gasteiger partial charge >= 0.3 is 0 Å². The molecule has 0 radical (unpaired) electrons. The molecule has 3 heterocycles. The van der Waals surface area contributed by atoms with Crippen molar-refractivity contribution in [1.82, 2.24) is 19.8 Å². The van der Waals surface area contributed by atoms with Gasteiger partial charge in [-0.1, -0.05) is 12.1 Å². The van der Waals surface area contributed by atoms with Gasteiger partial charge < -0.3 is 19.5 Å². The lowest BCUT2D eigenvalue weighted by Crippen LogP contribution is -2.28. The van der Waals surface area contributed by atoms with Crippen molar-refractivity contribution in [1.29, 1.82) is 0 Å². The van der Waals surface area contributed by atoms with Gasteiger partial charge in [0, 0.05) is 24.4 Å². The highest BCUT2D eigenvalue weighted by Gasteiger charge is 2.24. The van der Waals surface area contributed by atoms with Gasteiger partial charge in [0.2, 0.25) is 0 Å².